The summed E-state index contributed by atoms with van der Waals surface area (Å²) in [5, 5.41) is 36.5. The molecule has 0 spiro atoms. The van der Waals surface area contributed by atoms with E-state index in [1.165, 1.54) is 0 Å². The molecule has 12 nitrogen and oxygen atoms in total. The van der Waals surface area contributed by atoms with Crippen LogP contribution in [0.15, 0.2) is 81.7 Å². The van der Waals surface area contributed by atoms with Crippen LogP contribution in [-0.2, 0) is 27.9 Å². The van der Waals surface area contributed by atoms with E-state index in [2.05, 4.69) is 31.9 Å². The Morgan fingerprint density at radius 3 is 0.985 bits per heavy atom. The molecule has 66 heavy (non-hydrogen) atoms. The molecule has 370 valence electrons. The lowest BCUT2D eigenvalue weighted by Gasteiger charge is -2.32. The van der Waals surface area contributed by atoms with E-state index >= 15 is 0 Å². The van der Waals surface area contributed by atoms with Crippen molar-refractivity contribution in [1.82, 2.24) is 0 Å². The number of benzene rings is 3. The Morgan fingerprint density at radius 2 is 0.727 bits per heavy atom. The fourth-order valence-electron chi connectivity index (χ4n) is 5.19. The minimum atomic E-state index is -0.843. The zero-order valence-corrected chi connectivity index (χ0v) is 46.4. The Morgan fingerprint density at radius 1 is 0.470 bits per heavy atom. The average molecular weight is 1070 g/mol. The molecular weight excluding hydrogens is 996 g/mol. The van der Waals surface area contributed by atoms with Crippen LogP contribution in [-0.4, -0.2) is 111 Å². The molecule has 0 bridgehead atoms. The number of aliphatic hydroxyl groups is 3. The van der Waals surface area contributed by atoms with Crippen LogP contribution in [0.3, 0.4) is 0 Å². The van der Waals surface area contributed by atoms with Crippen LogP contribution in [0.4, 0.5) is 0 Å². The van der Waals surface area contributed by atoms with Gasteiger partial charge in [0.25, 0.3) is 0 Å². The van der Waals surface area contributed by atoms with E-state index in [0.717, 1.165) is 25.9 Å². The van der Waals surface area contributed by atoms with E-state index in [4.69, 9.17) is 59.2 Å². The molecule has 0 amide bonds. The highest BCUT2D eigenvalue weighted by Crippen LogP contribution is 2.43. The van der Waals surface area contributed by atoms with Gasteiger partial charge in [0, 0.05) is 8.95 Å². The molecule has 0 aromatic heterocycles. The molecule has 3 aliphatic heterocycles. The monoisotopic (exact) mass is 1070 g/mol. The second-order valence-corrected chi connectivity index (χ2v) is 23.6. The van der Waals surface area contributed by atoms with Crippen molar-refractivity contribution >= 4 is 70.1 Å². The van der Waals surface area contributed by atoms with Gasteiger partial charge < -0.3 is 57.8 Å². The molecule has 3 heterocycles. The highest BCUT2D eigenvalue weighted by molar-refractivity contribution is 9.10. The minimum Gasteiger partial charge on any atom is -0.508 e. The molecule has 3 aliphatic rings. The summed E-state index contributed by atoms with van der Waals surface area (Å²) in [5.74, 6) is 2.09. The Labute approximate surface area is 418 Å². The molecule has 4 N–H and O–H groups in total. The summed E-state index contributed by atoms with van der Waals surface area (Å²) in [6, 6.07) is 22.0. The molecule has 3 aromatic rings. The number of hydrogen-bond donors (Lipinski definition) is 4. The largest absolute Gasteiger partial charge is 0.508 e. The molecular formula is C48H76B3Br2ClO12. The number of aromatic hydroxyl groups is 1. The molecule has 0 saturated carbocycles. The average Bonchev–Trinajstić information content (AvgIpc) is 3.64. The van der Waals surface area contributed by atoms with Crippen molar-refractivity contribution in [1.29, 1.82) is 0 Å². The Hall–Kier alpha value is -1.86. The zero-order valence-electron chi connectivity index (χ0n) is 42.5. The van der Waals surface area contributed by atoms with Crippen molar-refractivity contribution in [3.8, 4) is 17.2 Å². The highest BCUT2D eigenvalue weighted by atomic mass is 79.9. The molecule has 3 saturated heterocycles. The topological polar surface area (TPSA) is 155 Å². The van der Waals surface area contributed by atoms with Gasteiger partial charge in [-0.15, -0.1) is 11.6 Å². The first-order valence-electron chi connectivity index (χ1n) is 22.1. The van der Waals surface area contributed by atoms with Crippen molar-refractivity contribution in [3.63, 3.8) is 0 Å². The summed E-state index contributed by atoms with van der Waals surface area (Å²) >= 11 is 11.8. The van der Waals surface area contributed by atoms with Crippen molar-refractivity contribution in [2.75, 3.05) is 19.1 Å². The van der Waals surface area contributed by atoms with Gasteiger partial charge in [-0.2, -0.15) is 0 Å². The third kappa shape index (κ3) is 19.9. The third-order valence-electron chi connectivity index (χ3n) is 11.3. The molecule has 0 aliphatic carbocycles. The first-order chi connectivity index (χ1) is 29.7. The van der Waals surface area contributed by atoms with Gasteiger partial charge in [0.2, 0.25) is 0 Å². The minimum absolute atomic E-state index is 0.253. The van der Waals surface area contributed by atoms with Gasteiger partial charge >= 0.3 is 21.1 Å². The van der Waals surface area contributed by atoms with E-state index in [1.807, 2.05) is 132 Å². The SMILES string of the molecule is CC(C)(O)CCl.CC(C)(O)COc1ccc(B2OC(C)(C)C(C)(C)O2)cc1.CC(C)(O)COc1ccc(Br)cc1.CC1(C)OB(B2OC(C)(C)C(C)(C)O2)OC1(C)C.Oc1ccc(Br)cc1. The summed E-state index contributed by atoms with van der Waals surface area (Å²) in [7, 11) is -1.31. The first kappa shape index (κ1) is 60.3. The smallest absolute Gasteiger partial charge is 0.494 e. The van der Waals surface area contributed by atoms with Crippen LogP contribution in [0, 0.1) is 0 Å². The number of alkyl halides is 1. The summed E-state index contributed by atoms with van der Waals surface area (Å²) in [5.41, 5.74) is -3.48. The van der Waals surface area contributed by atoms with Gasteiger partial charge in [0.05, 0.1) is 56.3 Å². The Bertz CT molecular complexity index is 1810. The van der Waals surface area contributed by atoms with Gasteiger partial charge in [-0.1, -0.05) is 44.0 Å². The maximum absolute atomic E-state index is 9.66. The van der Waals surface area contributed by atoms with E-state index < -0.39 is 30.8 Å². The third-order valence-corrected chi connectivity index (χ3v) is 13.0. The molecule has 3 fully saturated rings. The molecule has 0 atom stereocenters. The fraction of sp³-hybridized carbons (Fsp3) is 0.625. The van der Waals surface area contributed by atoms with Gasteiger partial charge in [0.1, 0.15) is 30.5 Å². The summed E-state index contributed by atoms with van der Waals surface area (Å²) < 4.78 is 48.7. The number of ether oxygens (including phenoxy) is 2. The van der Waals surface area contributed by atoms with Gasteiger partial charge in [-0.3, -0.25) is 0 Å². The zero-order chi connectivity index (χ0) is 51.0. The predicted molar refractivity (Wildman–Crippen MR) is 275 cm³/mol. The van der Waals surface area contributed by atoms with Gasteiger partial charge in [-0.05, 0) is 191 Å². The van der Waals surface area contributed by atoms with Crippen LogP contribution in [0.2, 0.25) is 0 Å². The van der Waals surface area contributed by atoms with Crippen molar-refractivity contribution < 1.29 is 57.8 Å². The number of halogens is 3. The maximum atomic E-state index is 9.66. The Kier molecular flexibility index (Phi) is 21.3. The van der Waals surface area contributed by atoms with Crippen LogP contribution >= 0.6 is 43.5 Å². The van der Waals surface area contributed by atoms with Crippen LogP contribution in [0.5, 0.6) is 17.2 Å². The van der Waals surface area contributed by atoms with E-state index in [0.29, 0.717) is 18.2 Å². The lowest BCUT2D eigenvalue weighted by molar-refractivity contribution is 0.00578. The van der Waals surface area contributed by atoms with Crippen LogP contribution < -0.4 is 14.9 Å². The second kappa shape index (κ2) is 23.4. The molecule has 0 unspecified atom stereocenters. The van der Waals surface area contributed by atoms with E-state index in [1.54, 1.807) is 65.8 Å². The van der Waals surface area contributed by atoms with Gasteiger partial charge in [0.15, 0.2) is 0 Å². The molecule has 6 rings (SSSR count). The number of hydrogen-bond acceptors (Lipinski definition) is 12. The lowest BCUT2D eigenvalue weighted by Crippen LogP contribution is -2.41. The number of phenols is 1. The van der Waals surface area contributed by atoms with Crippen LogP contribution in [0.1, 0.15) is 125 Å². The lowest BCUT2D eigenvalue weighted by atomic mass is 9.49. The predicted octanol–water partition coefficient (Wildman–Crippen LogP) is 10.1. The summed E-state index contributed by atoms with van der Waals surface area (Å²) in [4.78, 5) is 0. The van der Waals surface area contributed by atoms with E-state index in [9.17, 15) is 10.2 Å². The first-order valence-corrected chi connectivity index (χ1v) is 24.2. The Balaban J connectivity index is 0.000000302. The standard InChI is InChI=1S/C16H25BO4.C12H24B2O4.C10H13BrO2.C6H5BrO.C4H9ClO/c1-14(2,18)11-19-13-9-7-12(8-10-13)17-20-15(3,4)16(5,6)21-17;1-9(2)10(3,4)16-13(15-9)14-17-11(5,6)12(7,8)18-14;1-10(2,12)7-13-9-5-3-8(11)4-6-9;7-5-1-3-6(8)4-2-5;1-4(2,6)3-5/h7-10,18H,11H2,1-6H3;1-8H3;3-6,12H,7H2,1-2H3;1-4,8H;6H,3H2,1-2H3. The fourth-order valence-corrected chi connectivity index (χ4v) is 5.72. The van der Waals surface area contributed by atoms with Gasteiger partial charge in [-0.25, -0.2) is 0 Å². The molecule has 3 aromatic carbocycles. The molecule has 18 heteroatoms. The van der Waals surface area contributed by atoms with Crippen LogP contribution in [0.25, 0.3) is 0 Å². The highest BCUT2D eigenvalue weighted by Gasteiger charge is 2.63. The van der Waals surface area contributed by atoms with Crippen molar-refractivity contribution in [3.05, 3.63) is 81.7 Å². The number of phenolic OH excluding ortho intramolecular Hbond substituents is 1. The van der Waals surface area contributed by atoms with Crippen molar-refractivity contribution in [2.24, 2.45) is 0 Å². The number of rotatable bonds is 9. The maximum Gasteiger partial charge on any atom is 0.494 e. The normalized spacial score (nSPS) is 19.7. The second-order valence-electron chi connectivity index (χ2n) is 21.5. The quantitative estimate of drug-likeness (QED) is 0.119. The summed E-state index contributed by atoms with van der Waals surface area (Å²) in [6.45, 7) is 35.1. The summed E-state index contributed by atoms with van der Waals surface area (Å²) in [6.07, 6.45) is 0. The molecule has 0 radical (unpaired) electrons. The van der Waals surface area contributed by atoms with Crippen molar-refractivity contribution in [2.45, 2.75) is 175 Å². The van der Waals surface area contributed by atoms with E-state index in [-0.39, 0.29) is 47.3 Å².